The molecule has 0 saturated carbocycles. The SMILES string of the molecule is Cc1cc(C#N)ccc1CN1CCC(C)C(C)C1. The second-order valence-corrected chi connectivity index (χ2v) is 5.73. The van der Waals surface area contributed by atoms with E-state index < -0.39 is 0 Å². The zero-order valence-electron chi connectivity index (χ0n) is 11.6. The van der Waals surface area contributed by atoms with E-state index in [0.717, 1.165) is 23.9 Å². The fourth-order valence-corrected chi connectivity index (χ4v) is 2.68. The maximum atomic E-state index is 8.88. The standard InChI is InChI=1S/C16H22N2/c1-12-6-7-18(10-14(12)3)11-16-5-4-15(9-17)8-13(16)2/h4-5,8,12,14H,6-7,10-11H2,1-3H3. The van der Waals surface area contributed by atoms with Gasteiger partial charge in [0.25, 0.3) is 0 Å². The number of nitriles is 1. The van der Waals surface area contributed by atoms with Crippen LogP contribution in [0.4, 0.5) is 0 Å². The van der Waals surface area contributed by atoms with Gasteiger partial charge in [0.2, 0.25) is 0 Å². The van der Waals surface area contributed by atoms with Crippen LogP contribution in [0.5, 0.6) is 0 Å². The Balaban J connectivity index is 2.04. The highest BCUT2D eigenvalue weighted by Gasteiger charge is 2.22. The second kappa shape index (κ2) is 5.54. The molecular formula is C16H22N2. The lowest BCUT2D eigenvalue weighted by molar-refractivity contribution is 0.132. The Labute approximate surface area is 110 Å². The lowest BCUT2D eigenvalue weighted by atomic mass is 9.88. The van der Waals surface area contributed by atoms with Gasteiger partial charge in [0, 0.05) is 13.1 Å². The van der Waals surface area contributed by atoms with Crippen LogP contribution in [-0.4, -0.2) is 18.0 Å². The maximum absolute atomic E-state index is 8.88. The van der Waals surface area contributed by atoms with Gasteiger partial charge in [-0.15, -0.1) is 0 Å². The molecule has 18 heavy (non-hydrogen) atoms. The third-order valence-electron chi connectivity index (χ3n) is 4.28. The van der Waals surface area contributed by atoms with Gasteiger partial charge in [-0.05, 0) is 55.0 Å². The van der Waals surface area contributed by atoms with Gasteiger partial charge in [0.05, 0.1) is 11.6 Å². The van der Waals surface area contributed by atoms with Crippen molar-refractivity contribution >= 4 is 0 Å². The van der Waals surface area contributed by atoms with Crippen LogP contribution < -0.4 is 0 Å². The summed E-state index contributed by atoms with van der Waals surface area (Å²) in [5.41, 5.74) is 3.35. The Morgan fingerprint density at radius 1 is 1.33 bits per heavy atom. The van der Waals surface area contributed by atoms with Crippen molar-refractivity contribution in [3.8, 4) is 6.07 Å². The topological polar surface area (TPSA) is 27.0 Å². The van der Waals surface area contributed by atoms with Crippen LogP contribution in [0.1, 0.15) is 37.0 Å². The second-order valence-electron chi connectivity index (χ2n) is 5.73. The lowest BCUT2D eigenvalue weighted by Gasteiger charge is -2.35. The minimum atomic E-state index is 0.761. The number of aryl methyl sites for hydroxylation is 1. The van der Waals surface area contributed by atoms with Gasteiger partial charge in [-0.2, -0.15) is 5.26 Å². The van der Waals surface area contributed by atoms with E-state index in [9.17, 15) is 0 Å². The summed E-state index contributed by atoms with van der Waals surface area (Å²) in [6.07, 6.45) is 1.30. The number of hydrogen-bond donors (Lipinski definition) is 0. The van der Waals surface area contributed by atoms with Crippen molar-refractivity contribution in [3.05, 3.63) is 34.9 Å². The van der Waals surface area contributed by atoms with Crippen LogP contribution in [0.15, 0.2) is 18.2 Å². The summed E-state index contributed by atoms with van der Waals surface area (Å²) in [4.78, 5) is 2.54. The molecule has 1 heterocycles. The zero-order chi connectivity index (χ0) is 13.1. The van der Waals surface area contributed by atoms with Crippen molar-refractivity contribution in [3.63, 3.8) is 0 Å². The molecule has 1 aliphatic heterocycles. The van der Waals surface area contributed by atoms with Crippen LogP contribution in [0.2, 0.25) is 0 Å². The molecule has 0 N–H and O–H groups in total. The zero-order valence-corrected chi connectivity index (χ0v) is 11.6. The average molecular weight is 242 g/mol. The molecule has 0 bridgehead atoms. The molecule has 1 aliphatic rings. The van der Waals surface area contributed by atoms with E-state index in [4.69, 9.17) is 5.26 Å². The molecule has 2 nitrogen and oxygen atoms in total. The molecule has 0 radical (unpaired) electrons. The first-order valence-electron chi connectivity index (χ1n) is 6.82. The molecule has 1 fully saturated rings. The molecule has 2 unspecified atom stereocenters. The Hall–Kier alpha value is -1.33. The van der Waals surface area contributed by atoms with Crippen LogP contribution in [0.3, 0.4) is 0 Å². The monoisotopic (exact) mass is 242 g/mol. The average Bonchev–Trinajstić information content (AvgIpc) is 2.36. The van der Waals surface area contributed by atoms with Crippen molar-refractivity contribution in [2.24, 2.45) is 11.8 Å². The number of likely N-dealkylation sites (tertiary alicyclic amines) is 1. The van der Waals surface area contributed by atoms with Gasteiger partial charge in [-0.3, -0.25) is 4.90 Å². The largest absolute Gasteiger partial charge is 0.299 e. The van der Waals surface area contributed by atoms with Gasteiger partial charge in [0.1, 0.15) is 0 Å². The highest BCUT2D eigenvalue weighted by atomic mass is 15.1. The van der Waals surface area contributed by atoms with E-state index in [-0.39, 0.29) is 0 Å². The van der Waals surface area contributed by atoms with Gasteiger partial charge in [-0.25, -0.2) is 0 Å². The molecule has 2 heteroatoms. The van der Waals surface area contributed by atoms with Crippen molar-refractivity contribution in [2.75, 3.05) is 13.1 Å². The van der Waals surface area contributed by atoms with Gasteiger partial charge in [-0.1, -0.05) is 19.9 Å². The highest BCUT2D eigenvalue weighted by molar-refractivity contribution is 5.37. The predicted octanol–water partition coefficient (Wildman–Crippen LogP) is 3.34. The smallest absolute Gasteiger partial charge is 0.0991 e. The molecule has 2 rings (SSSR count). The van der Waals surface area contributed by atoms with E-state index >= 15 is 0 Å². The summed E-state index contributed by atoms with van der Waals surface area (Å²) in [7, 11) is 0. The summed E-state index contributed by atoms with van der Waals surface area (Å²) < 4.78 is 0. The van der Waals surface area contributed by atoms with Crippen LogP contribution >= 0.6 is 0 Å². The van der Waals surface area contributed by atoms with Crippen LogP contribution in [-0.2, 0) is 6.54 Å². The van der Waals surface area contributed by atoms with E-state index in [1.165, 1.54) is 30.6 Å². The van der Waals surface area contributed by atoms with Crippen molar-refractivity contribution in [1.82, 2.24) is 4.90 Å². The molecule has 0 spiro atoms. The normalized spacial score (nSPS) is 24.8. The van der Waals surface area contributed by atoms with E-state index in [2.05, 4.69) is 37.8 Å². The van der Waals surface area contributed by atoms with Gasteiger partial charge in [0.15, 0.2) is 0 Å². The number of piperidine rings is 1. The van der Waals surface area contributed by atoms with E-state index in [1.54, 1.807) is 0 Å². The Kier molecular flexibility index (Phi) is 4.04. The number of benzene rings is 1. The Bertz CT molecular complexity index is 459. The summed E-state index contributed by atoms with van der Waals surface area (Å²) in [5.74, 6) is 1.64. The van der Waals surface area contributed by atoms with E-state index in [1.807, 2.05) is 12.1 Å². The van der Waals surface area contributed by atoms with E-state index in [0.29, 0.717) is 0 Å². The van der Waals surface area contributed by atoms with Crippen molar-refractivity contribution < 1.29 is 0 Å². The predicted molar refractivity (Wildman–Crippen MR) is 74.1 cm³/mol. The Morgan fingerprint density at radius 2 is 2.11 bits per heavy atom. The van der Waals surface area contributed by atoms with Crippen molar-refractivity contribution in [1.29, 1.82) is 5.26 Å². The molecule has 0 amide bonds. The first-order chi connectivity index (χ1) is 8.60. The number of nitrogens with zero attached hydrogens (tertiary/aromatic N) is 2. The fourth-order valence-electron chi connectivity index (χ4n) is 2.68. The molecule has 96 valence electrons. The molecule has 0 aliphatic carbocycles. The Morgan fingerprint density at radius 3 is 2.72 bits per heavy atom. The molecule has 1 aromatic rings. The summed E-state index contributed by atoms with van der Waals surface area (Å²) in [6.45, 7) is 10.2. The maximum Gasteiger partial charge on any atom is 0.0991 e. The minimum absolute atomic E-state index is 0.761. The molecule has 2 atom stereocenters. The lowest BCUT2D eigenvalue weighted by Crippen LogP contribution is -2.37. The summed E-state index contributed by atoms with van der Waals surface area (Å²) in [5, 5.41) is 8.88. The highest BCUT2D eigenvalue weighted by Crippen LogP contribution is 2.24. The first-order valence-corrected chi connectivity index (χ1v) is 6.82. The quantitative estimate of drug-likeness (QED) is 0.795. The first kappa shape index (κ1) is 13.1. The number of rotatable bonds is 2. The van der Waals surface area contributed by atoms with Gasteiger partial charge >= 0.3 is 0 Å². The summed E-state index contributed by atoms with van der Waals surface area (Å²) >= 11 is 0. The molecule has 0 aromatic heterocycles. The third kappa shape index (κ3) is 2.91. The van der Waals surface area contributed by atoms with Crippen molar-refractivity contribution in [2.45, 2.75) is 33.7 Å². The minimum Gasteiger partial charge on any atom is -0.299 e. The van der Waals surface area contributed by atoms with Crippen LogP contribution in [0.25, 0.3) is 0 Å². The molecular weight excluding hydrogens is 220 g/mol. The van der Waals surface area contributed by atoms with Gasteiger partial charge < -0.3 is 0 Å². The molecule has 1 saturated heterocycles. The third-order valence-corrected chi connectivity index (χ3v) is 4.28. The number of hydrogen-bond acceptors (Lipinski definition) is 2. The summed E-state index contributed by atoms with van der Waals surface area (Å²) in [6, 6.07) is 8.23. The fraction of sp³-hybridized carbons (Fsp3) is 0.562. The molecule has 1 aromatic carbocycles. The van der Waals surface area contributed by atoms with Crippen LogP contribution in [0, 0.1) is 30.1 Å².